The van der Waals surface area contributed by atoms with E-state index in [0.29, 0.717) is 16.3 Å². The smallest absolute Gasteiger partial charge is 0.356 e. The fourth-order valence-electron chi connectivity index (χ4n) is 1.46. The number of aromatic carboxylic acids is 1. The van der Waals surface area contributed by atoms with E-state index in [2.05, 4.69) is 4.98 Å². The Morgan fingerprint density at radius 3 is 2.39 bits per heavy atom. The summed E-state index contributed by atoms with van der Waals surface area (Å²) in [6.45, 7) is 0. The molecule has 1 aromatic heterocycles. The van der Waals surface area contributed by atoms with Crippen molar-refractivity contribution in [1.82, 2.24) is 4.98 Å². The monoisotopic (exact) mass is 282 g/mol. The molecule has 0 spiro atoms. The van der Waals surface area contributed by atoms with Crippen molar-refractivity contribution in [2.45, 2.75) is 0 Å². The standard InChI is InChI=1S/C12H8Cl2N2O2/c13-7-3-1-6(2-4-7)9-5-8(15)10(14)11(16-9)12(17)18/h1-5H,(H2,15,16)(H,17,18). The Bertz CT molecular complexity index is 612. The van der Waals surface area contributed by atoms with Gasteiger partial charge in [0.15, 0.2) is 5.69 Å². The van der Waals surface area contributed by atoms with Gasteiger partial charge >= 0.3 is 5.97 Å². The lowest BCUT2D eigenvalue weighted by molar-refractivity contribution is 0.0691. The van der Waals surface area contributed by atoms with Gasteiger partial charge in [0.2, 0.25) is 0 Å². The van der Waals surface area contributed by atoms with Gasteiger partial charge in [-0.15, -0.1) is 0 Å². The molecule has 0 saturated carbocycles. The molecule has 0 aliphatic heterocycles. The van der Waals surface area contributed by atoms with Gasteiger partial charge in [0.25, 0.3) is 0 Å². The third-order valence-electron chi connectivity index (χ3n) is 2.33. The summed E-state index contributed by atoms with van der Waals surface area (Å²) in [6, 6.07) is 8.35. The topological polar surface area (TPSA) is 76.2 Å². The molecule has 2 rings (SSSR count). The van der Waals surface area contributed by atoms with E-state index in [1.165, 1.54) is 6.07 Å². The molecule has 3 N–H and O–H groups in total. The third-order valence-corrected chi connectivity index (χ3v) is 2.98. The number of aromatic nitrogens is 1. The maximum Gasteiger partial charge on any atom is 0.356 e. The molecule has 0 saturated heterocycles. The summed E-state index contributed by atoms with van der Waals surface area (Å²) in [7, 11) is 0. The lowest BCUT2D eigenvalue weighted by Gasteiger charge is -2.07. The van der Waals surface area contributed by atoms with Crippen molar-refractivity contribution in [2.24, 2.45) is 0 Å². The molecule has 2 aromatic rings. The first-order valence-corrected chi connectivity index (χ1v) is 5.70. The number of carboxylic acids is 1. The summed E-state index contributed by atoms with van der Waals surface area (Å²) in [5.41, 5.74) is 6.73. The Labute approximate surface area is 113 Å². The summed E-state index contributed by atoms with van der Waals surface area (Å²) < 4.78 is 0. The molecule has 0 aliphatic rings. The molecule has 1 heterocycles. The second-order valence-corrected chi connectivity index (χ2v) is 4.39. The molecule has 4 nitrogen and oxygen atoms in total. The number of benzene rings is 1. The van der Waals surface area contributed by atoms with Crippen LogP contribution < -0.4 is 5.73 Å². The van der Waals surface area contributed by atoms with E-state index in [0.717, 1.165) is 0 Å². The van der Waals surface area contributed by atoms with Crippen molar-refractivity contribution in [3.63, 3.8) is 0 Å². The molecule has 0 fully saturated rings. The number of anilines is 1. The highest BCUT2D eigenvalue weighted by atomic mass is 35.5. The zero-order chi connectivity index (χ0) is 13.3. The molecule has 0 bridgehead atoms. The van der Waals surface area contributed by atoms with Gasteiger partial charge in [-0.25, -0.2) is 9.78 Å². The number of nitrogens with zero attached hydrogens (tertiary/aromatic N) is 1. The molecule has 1 aromatic carbocycles. The molecule has 0 aliphatic carbocycles. The van der Waals surface area contributed by atoms with Crippen molar-refractivity contribution in [3.8, 4) is 11.3 Å². The van der Waals surface area contributed by atoms with Crippen LogP contribution in [0.5, 0.6) is 0 Å². The Morgan fingerprint density at radius 1 is 1.22 bits per heavy atom. The van der Waals surface area contributed by atoms with Crippen LogP contribution in [-0.4, -0.2) is 16.1 Å². The predicted octanol–water partition coefficient (Wildman–Crippen LogP) is 3.34. The molecular formula is C12H8Cl2N2O2. The van der Waals surface area contributed by atoms with Crippen LogP contribution in [0.4, 0.5) is 5.69 Å². The van der Waals surface area contributed by atoms with Gasteiger partial charge in [-0.05, 0) is 18.2 Å². The van der Waals surface area contributed by atoms with Crippen LogP contribution in [0, 0.1) is 0 Å². The lowest BCUT2D eigenvalue weighted by Crippen LogP contribution is -2.05. The first-order valence-electron chi connectivity index (χ1n) is 4.94. The molecule has 6 heteroatoms. The lowest BCUT2D eigenvalue weighted by atomic mass is 10.1. The Balaban J connectivity index is 2.59. The van der Waals surface area contributed by atoms with Gasteiger partial charge < -0.3 is 10.8 Å². The number of hydrogen-bond acceptors (Lipinski definition) is 3. The van der Waals surface area contributed by atoms with E-state index >= 15 is 0 Å². The predicted molar refractivity (Wildman–Crippen MR) is 71.1 cm³/mol. The van der Waals surface area contributed by atoms with E-state index in [-0.39, 0.29) is 16.4 Å². The van der Waals surface area contributed by atoms with Crippen LogP contribution in [0.1, 0.15) is 10.5 Å². The molecule has 92 valence electrons. The third kappa shape index (κ3) is 2.39. The number of hydrogen-bond donors (Lipinski definition) is 2. The van der Waals surface area contributed by atoms with E-state index in [4.69, 9.17) is 34.0 Å². The van der Waals surface area contributed by atoms with Crippen LogP contribution in [0.25, 0.3) is 11.3 Å². The van der Waals surface area contributed by atoms with E-state index in [1.807, 2.05) is 0 Å². The second kappa shape index (κ2) is 4.84. The van der Waals surface area contributed by atoms with Crippen LogP contribution in [-0.2, 0) is 0 Å². The second-order valence-electron chi connectivity index (χ2n) is 3.57. The largest absolute Gasteiger partial charge is 0.476 e. The average Bonchev–Trinajstić information content (AvgIpc) is 2.33. The minimum Gasteiger partial charge on any atom is -0.476 e. The van der Waals surface area contributed by atoms with E-state index < -0.39 is 5.97 Å². The summed E-state index contributed by atoms with van der Waals surface area (Å²) in [5, 5.41) is 9.51. The summed E-state index contributed by atoms with van der Waals surface area (Å²) in [6.07, 6.45) is 0. The minimum absolute atomic E-state index is 0.0554. The van der Waals surface area contributed by atoms with Crippen molar-refractivity contribution in [3.05, 3.63) is 46.1 Å². The number of halogens is 2. The highest BCUT2D eigenvalue weighted by Crippen LogP contribution is 2.28. The fraction of sp³-hybridized carbons (Fsp3) is 0. The van der Waals surface area contributed by atoms with Gasteiger partial charge in [-0.1, -0.05) is 35.3 Å². The van der Waals surface area contributed by atoms with E-state index in [1.54, 1.807) is 24.3 Å². The van der Waals surface area contributed by atoms with Crippen molar-refractivity contribution in [1.29, 1.82) is 0 Å². The highest BCUT2D eigenvalue weighted by Gasteiger charge is 2.15. The Hall–Kier alpha value is -1.78. The normalized spacial score (nSPS) is 10.3. The van der Waals surface area contributed by atoms with Crippen LogP contribution in [0.3, 0.4) is 0 Å². The zero-order valence-corrected chi connectivity index (χ0v) is 10.5. The Kier molecular flexibility index (Phi) is 3.41. The number of pyridine rings is 1. The van der Waals surface area contributed by atoms with Crippen molar-refractivity contribution < 1.29 is 9.90 Å². The summed E-state index contributed by atoms with van der Waals surface area (Å²) >= 11 is 11.6. The summed E-state index contributed by atoms with van der Waals surface area (Å²) in [4.78, 5) is 15.0. The van der Waals surface area contributed by atoms with Crippen molar-refractivity contribution >= 4 is 34.9 Å². The quantitative estimate of drug-likeness (QED) is 0.886. The molecule has 0 radical (unpaired) electrons. The number of nitrogen functional groups attached to an aromatic ring is 1. The van der Waals surface area contributed by atoms with Crippen LogP contribution in [0.2, 0.25) is 10.0 Å². The minimum atomic E-state index is -1.22. The first-order chi connectivity index (χ1) is 8.49. The SMILES string of the molecule is Nc1cc(-c2ccc(Cl)cc2)nc(C(=O)O)c1Cl. The number of rotatable bonds is 2. The number of carbonyl (C=O) groups is 1. The van der Waals surface area contributed by atoms with Gasteiger partial charge in [-0.3, -0.25) is 0 Å². The molecular weight excluding hydrogens is 275 g/mol. The van der Waals surface area contributed by atoms with E-state index in [9.17, 15) is 4.79 Å². The fourth-order valence-corrected chi connectivity index (χ4v) is 1.76. The molecule has 0 unspecified atom stereocenters. The van der Waals surface area contributed by atoms with Gasteiger partial charge in [0, 0.05) is 10.6 Å². The maximum atomic E-state index is 11.0. The average molecular weight is 283 g/mol. The Morgan fingerprint density at radius 2 is 1.83 bits per heavy atom. The molecule has 0 atom stereocenters. The first kappa shape index (κ1) is 12.7. The van der Waals surface area contributed by atoms with Crippen LogP contribution in [0.15, 0.2) is 30.3 Å². The zero-order valence-electron chi connectivity index (χ0n) is 9.02. The molecule has 18 heavy (non-hydrogen) atoms. The number of nitrogens with two attached hydrogens (primary N) is 1. The highest BCUT2D eigenvalue weighted by molar-refractivity contribution is 6.35. The van der Waals surface area contributed by atoms with Crippen molar-refractivity contribution in [2.75, 3.05) is 5.73 Å². The number of carboxylic acid groups (broad SMARTS) is 1. The molecule has 0 amide bonds. The van der Waals surface area contributed by atoms with Crippen LogP contribution >= 0.6 is 23.2 Å². The van der Waals surface area contributed by atoms with Gasteiger partial charge in [0.1, 0.15) is 0 Å². The van der Waals surface area contributed by atoms with Gasteiger partial charge in [0.05, 0.1) is 16.4 Å². The maximum absolute atomic E-state index is 11.0. The summed E-state index contributed by atoms with van der Waals surface area (Å²) in [5.74, 6) is -1.22. The van der Waals surface area contributed by atoms with Gasteiger partial charge in [-0.2, -0.15) is 0 Å².